The van der Waals surface area contributed by atoms with Gasteiger partial charge < -0.3 is 15.0 Å². The molecule has 0 saturated carbocycles. The van der Waals surface area contributed by atoms with Crippen LogP contribution in [0.15, 0.2) is 42.9 Å². The highest BCUT2D eigenvalue weighted by molar-refractivity contribution is 5.86. The third kappa shape index (κ3) is 4.76. The molecule has 0 radical (unpaired) electrons. The van der Waals surface area contributed by atoms with Crippen LogP contribution in [0.3, 0.4) is 0 Å². The van der Waals surface area contributed by atoms with E-state index in [1.165, 1.54) is 5.56 Å². The normalized spacial score (nSPS) is 19.2. The van der Waals surface area contributed by atoms with Crippen LogP contribution in [0.25, 0.3) is 11.0 Å². The minimum absolute atomic E-state index is 0.0434. The summed E-state index contributed by atoms with van der Waals surface area (Å²) in [7, 11) is 0. The lowest BCUT2D eigenvalue weighted by Gasteiger charge is -2.36. The van der Waals surface area contributed by atoms with E-state index in [1.54, 1.807) is 6.33 Å². The van der Waals surface area contributed by atoms with Crippen molar-refractivity contribution in [2.75, 3.05) is 24.5 Å². The number of hydrogen-bond acceptors (Lipinski definition) is 6. The number of nitrogens with zero attached hydrogens (tertiary/aromatic N) is 5. The summed E-state index contributed by atoms with van der Waals surface area (Å²) in [5.41, 5.74) is 1.95. The van der Waals surface area contributed by atoms with Gasteiger partial charge in [0.15, 0.2) is 5.65 Å². The number of benzene rings is 1. The fourth-order valence-corrected chi connectivity index (χ4v) is 3.94. The van der Waals surface area contributed by atoms with Crippen LogP contribution in [0.2, 0.25) is 0 Å². The van der Waals surface area contributed by atoms with Gasteiger partial charge in [-0.25, -0.2) is 14.6 Å². The Morgan fingerprint density at radius 3 is 2.70 bits per heavy atom. The van der Waals surface area contributed by atoms with Gasteiger partial charge in [-0.15, -0.1) is 0 Å². The number of aromatic nitrogens is 4. The Bertz CT molecular complexity index is 980. The van der Waals surface area contributed by atoms with Crippen LogP contribution < -0.4 is 10.2 Å². The molecular weight excluding hydrogens is 380 g/mol. The van der Waals surface area contributed by atoms with Gasteiger partial charge >= 0.3 is 0 Å². The molecule has 1 aliphatic heterocycles. The Kier molecular flexibility index (Phi) is 6.23. The molecular formula is C22H28N6O2. The van der Waals surface area contributed by atoms with E-state index in [-0.39, 0.29) is 18.1 Å². The summed E-state index contributed by atoms with van der Waals surface area (Å²) in [5, 5.41) is 8.38. The van der Waals surface area contributed by atoms with Crippen molar-refractivity contribution in [2.45, 2.75) is 45.4 Å². The van der Waals surface area contributed by atoms with Gasteiger partial charge in [0.25, 0.3) is 0 Å². The predicted molar refractivity (Wildman–Crippen MR) is 115 cm³/mol. The number of nitrogens with one attached hydrogen (secondary N) is 1. The first kappa shape index (κ1) is 20.3. The Balaban J connectivity index is 1.35. The second kappa shape index (κ2) is 9.21. The van der Waals surface area contributed by atoms with E-state index in [4.69, 9.17) is 4.74 Å². The zero-order valence-electron chi connectivity index (χ0n) is 17.5. The van der Waals surface area contributed by atoms with Gasteiger partial charge in [0.05, 0.1) is 30.3 Å². The van der Waals surface area contributed by atoms with Crippen molar-refractivity contribution < 1.29 is 9.53 Å². The maximum atomic E-state index is 12.1. The molecule has 1 aliphatic rings. The fourth-order valence-electron chi connectivity index (χ4n) is 3.94. The summed E-state index contributed by atoms with van der Waals surface area (Å²) in [6.07, 6.45) is 4.92. The maximum Gasteiger partial charge on any atom is 0.220 e. The molecule has 8 nitrogen and oxygen atoms in total. The first-order valence-corrected chi connectivity index (χ1v) is 10.5. The Morgan fingerprint density at radius 2 is 1.93 bits per heavy atom. The highest BCUT2D eigenvalue weighted by Crippen LogP contribution is 2.25. The first-order chi connectivity index (χ1) is 14.6. The number of ether oxygens (including phenoxy) is 1. The lowest BCUT2D eigenvalue weighted by Crippen LogP contribution is -2.45. The van der Waals surface area contributed by atoms with Crippen LogP contribution in [0.4, 0.5) is 5.82 Å². The van der Waals surface area contributed by atoms with Gasteiger partial charge in [0.1, 0.15) is 12.1 Å². The molecule has 1 fully saturated rings. The number of carbonyl (C=O) groups is 1. The summed E-state index contributed by atoms with van der Waals surface area (Å²) < 4.78 is 7.66. The van der Waals surface area contributed by atoms with Crippen LogP contribution >= 0.6 is 0 Å². The molecule has 4 rings (SSSR count). The number of amides is 1. The molecule has 0 aliphatic carbocycles. The molecule has 0 spiro atoms. The van der Waals surface area contributed by atoms with Crippen molar-refractivity contribution in [3.63, 3.8) is 0 Å². The van der Waals surface area contributed by atoms with Gasteiger partial charge in [-0.1, -0.05) is 30.3 Å². The predicted octanol–water partition coefficient (Wildman–Crippen LogP) is 2.19. The maximum absolute atomic E-state index is 12.1. The molecule has 1 saturated heterocycles. The third-order valence-electron chi connectivity index (χ3n) is 5.26. The van der Waals surface area contributed by atoms with Gasteiger partial charge in [-0.05, 0) is 25.8 Å². The Labute approximate surface area is 176 Å². The van der Waals surface area contributed by atoms with Crippen molar-refractivity contribution in [2.24, 2.45) is 0 Å². The molecule has 1 amide bonds. The lowest BCUT2D eigenvalue weighted by molar-refractivity contribution is -0.121. The zero-order valence-corrected chi connectivity index (χ0v) is 17.5. The number of morpholine rings is 1. The Morgan fingerprint density at radius 1 is 1.17 bits per heavy atom. The molecule has 1 aromatic carbocycles. The Hall–Kier alpha value is -3.00. The van der Waals surface area contributed by atoms with Gasteiger partial charge in [-0.2, -0.15) is 5.10 Å². The highest BCUT2D eigenvalue weighted by atomic mass is 16.5. The SMILES string of the molecule is C[C@@H]1CN(c2ncnc3c2cnn3CCNC(=O)CCc2ccccc2)C[C@H](C)O1. The molecule has 2 aromatic heterocycles. The molecule has 1 N–H and O–H groups in total. The molecule has 30 heavy (non-hydrogen) atoms. The number of aryl methyl sites for hydroxylation is 1. The van der Waals surface area contributed by atoms with Crippen molar-refractivity contribution in [3.8, 4) is 0 Å². The van der Waals surface area contributed by atoms with Crippen LogP contribution in [0.5, 0.6) is 0 Å². The van der Waals surface area contributed by atoms with Crippen LogP contribution in [-0.2, 0) is 22.5 Å². The summed E-state index contributed by atoms with van der Waals surface area (Å²) >= 11 is 0. The number of hydrogen-bond donors (Lipinski definition) is 1. The smallest absolute Gasteiger partial charge is 0.220 e. The summed E-state index contributed by atoms with van der Waals surface area (Å²) in [6, 6.07) is 10.0. The largest absolute Gasteiger partial charge is 0.372 e. The summed E-state index contributed by atoms with van der Waals surface area (Å²) in [5.74, 6) is 0.932. The second-order valence-corrected chi connectivity index (χ2v) is 7.80. The van der Waals surface area contributed by atoms with Crippen LogP contribution in [-0.4, -0.2) is 57.5 Å². The molecule has 3 heterocycles. The number of rotatable bonds is 7. The third-order valence-corrected chi connectivity index (χ3v) is 5.26. The van der Waals surface area contributed by atoms with Crippen LogP contribution in [0.1, 0.15) is 25.8 Å². The lowest BCUT2D eigenvalue weighted by atomic mass is 10.1. The van der Waals surface area contributed by atoms with Crippen molar-refractivity contribution in [1.82, 2.24) is 25.1 Å². The van der Waals surface area contributed by atoms with Gasteiger partial charge in [0.2, 0.25) is 5.91 Å². The van der Waals surface area contributed by atoms with E-state index in [0.29, 0.717) is 19.5 Å². The van der Waals surface area contributed by atoms with Gasteiger partial charge in [-0.3, -0.25) is 4.79 Å². The van der Waals surface area contributed by atoms with Crippen molar-refractivity contribution >= 4 is 22.8 Å². The average Bonchev–Trinajstić information content (AvgIpc) is 3.15. The van der Waals surface area contributed by atoms with E-state index < -0.39 is 0 Å². The molecule has 0 bridgehead atoms. The number of anilines is 1. The van der Waals surface area contributed by atoms with E-state index >= 15 is 0 Å². The quantitative estimate of drug-likeness (QED) is 0.645. The molecule has 0 unspecified atom stereocenters. The number of carbonyl (C=O) groups excluding carboxylic acids is 1. The fraction of sp³-hybridized carbons (Fsp3) is 0.455. The van der Waals surface area contributed by atoms with E-state index in [1.807, 2.05) is 41.2 Å². The first-order valence-electron chi connectivity index (χ1n) is 10.5. The molecule has 3 aromatic rings. The summed E-state index contributed by atoms with van der Waals surface area (Å²) in [6.45, 7) is 6.80. The second-order valence-electron chi connectivity index (χ2n) is 7.80. The van der Waals surface area contributed by atoms with E-state index in [0.717, 1.165) is 36.4 Å². The highest BCUT2D eigenvalue weighted by Gasteiger charge is 2.25. The van der Waals surface area contributed by atoms with E-state index in [9.17, 15) is 4.79 Å². The molecule has 2 atom stereocenters. The van der Waals surface area contributed by atoms with Gasteiger partial charge in [0, 0.05) is 26.1 Å². The minimum atomic E-state index is 0.0434. The average molecular weight is 409 g/mol. The number of fused-ring (bicyclic) bond motifs is 1. The molecule has 158 valence electrons. The minimum Gasteiger partial charge on any atom is -0.372 e. The van der Waals surface area contributed by atoms with Crippen molar-refractivity contribution in [1.29, 1.82) is 0 Å². The van der Waals surface area contributed by atoms with Crippen LogP contribution in [0, 0.1) is 0 Å². The summed E-state index contributed by atoms with van der Waals surface area (Å²) in [4.78, 5) is 23.3. The monoisotopic (exact) mass is 408 g/mol. The zero-order chi connectivity index (χ0) is 20.9. The topological polar surface area (TPSA) is 85.2 Å². The van der Waals surface area contributed by atoms with Crippen molar-refractivity contribution in [3.05, 3.63) is 48.4 Å². The standard InChI is InChI=1S/C22H28N6O2/c1-16-13-27(14-17(2)30-16)21-19-12-26-28(22(19)25-15-24-21)11-10-23-20(29)9-8-18-6-4-3-5-7-18/h3-7,12,15-17H,8-11,13-14H2,1-2H3,(H,23,29)/t16-,17+. The molecule has 8 heteroatoms. The van der Waals surface area contributed by atoms with E-state index in [2.05, 4.69) is 39.1 Å².